The summed E-state index contributed by atoms with van der Waals surface area (Å²) in [5.74, 6) is -0.860. The monoisotopic (exact) mass is 299 g/mol. The zero-order chi connectivity index (χ0) is 15.2. The van der Waals surface area contributed by atoms with Gasteiger partial charge in [-0.15, -0.1) is 11.8 Å². The molecule has 0 unspecified atom stereocenters. The number of carboxylic acids is 1. The largest absolute Gasteiger partial charge is 0.481 e. The molecule has 6 heteroatoms. The molecule has 0 atom stereocenters. The molecule has 2 N–H and O–H groups in total. The van der Waals surface area contributed by atoms with Crippen LogP contribution in [0.15, 0.2) is 29.2 Å². The van der Waals surface area contributed by atoms with E-state index in [2.05, 4.69) is 5.32 Å². The van der Waals surface area contributed by atoms with Gasteiger partial charge in [0.15, 0.2) is 0 Å². The van der Waals surface area contributed by atoms with E-state index in [-0.39, 0.29) is 24.7 Å². The van der Waals surface area contributed by atoms with Gasteiger partial charge in [0.25, 0.3) is 0 Å². The fourth-order valence-electron chi connectivity index (χ4n) is 1.28. The maximum Gasteiger partial charge on any atom is 0.310 e. The summed E-state index contributed by atoms with van der Waals surface area (Å²) in [6.45, 7) is 3.22. The second-order valence-corrected chi connectivity index (χ2v) is 6.19. The molecule has 0 aliphatic rings. The fourth-order valence-corrected chi connectivity index (χ4v) is 2.13. The average Bonchev–Trinajstić information content (AvgIpc) is 2.39. The summed E-state index contributed by atoms with van der Waals surface area (Å²) >= 11 is 1.45. The van der Waals surface area contributed by atoms with Gasteiger partial charge in [-0.2, -0.15) is 0 Å². The van der Waals surface area contributed by atoms with E-state index in [1.807, 2.05) is 0 Å². The lowest BCUT2D eigenvalue weighted by Crippen LogP contribution is -2.38. The molecule has 0 radical (unpaired) electrons. The van der Waals surface area contributed by atoms with E-state index in [1.54, 1.807) is 26.0 Å². The van der Waals surface area contributed by atoms with Crippen molar-refractivity contribution in [3.8, 4) is 0 Å². The Morgan fingerprint density at radius 3 is 2.45 bits per heavy atom. The summed E-state index contributed by atoms with van der Waals surface area (Å²) in [6, 6.07) is 6.06. The van der Waals surface area contributed by atoms with Crippen molar-refractivity contribution in [1.82, 2.24) is 5.32 Å². The Hall–Kier alpha value is -1.56. The van der Waals surface area contributed by atoms with Crippen molar-refractivity contribution in [2.24, 2.45) is 5.41 Å². The molecule has 110 valence electrons. The number of aliphatic carboxylic acids is 1. The van der Waals surface area contributed by atoms with Gasteiger partial charge in [0, 0.05) is 23.6 Å². The van der Waals surface area contributed by atoms with E-state index in [1.165, 1.54) is 23.9 Å². The summed E-state index contributed by atoms with van der Waals surface area (Å²) < 4.78 is 12.7. The van der Waals surface area contributed by atoms with Crippen molar-refractivity contribution < 1.29 is 19.1 Å². The number of carbonyl (C=O) groups is 2. The normalized spacial score (nSPS) is 11.2. The maximum atomic E-state index is 12.7. The van der Waals surface area contributed by atoms with Gasteiger partial charge in [0.2, 0.25) is 5.91 Å². The van der Waals surface area contributed by atoms with Gasteiger partial charge < -0.3 is 10.4 Å². The Balaban J connectivity index is 2.27. The van der Waals surface area contributed by atoms with Gasteiger partial charge in [-0.1, -0.05) is 0 Å². The molecule has 0 aliphatic heterocycles. The zero-order valence-electron chi connectivity index (χ0n) is 11.5. The van der Waals surface area contributed by atoms with Crippen LogP contribution >= 0.6 is 11.8 Å². The van der Waals surface area contributed by atoms with Gasteiger partial charge in [-0.3, -0.25) is 9.59 Å². The lowest BCUT2D eigenvalue weighted by atomic mass is 9.94. The molecule has 1 aromatic carbocycles. The molecule has 0 aromatic heterocycles. The van der Waals surface area contributed by atoms with Crippen LogP contribution in [0.2, 0.25) is 0 Å². The predicted octanol–water partition coefficient (Wildman–Crippen LogP) is 2.53. The van der Waals surface area contributed by atoms with Crippen LogP contribution in [0.3, 0.4) is 0 Å². The third-order valence-electron chi connectivity index (χ3n) is 2.72. The van der Waals surface area contributed by atoms with Crippen LogP contribution in [-0.2, 0) is 9.59 Å². The molecular formula is C14H18FNO3S. The third-order valence-corrected chi connectivity index (χ3v) is 3.73. The minimum Gasteiger partial charge on any atom is -0.481 e. The highest BCUT2D eigenvalue weighted by Gasteiger charge is 2.27. The molecule has 1 amide bonds. The number of rotatable bonds is 7. The first-order chi connectivity index (χ1) is 9.31. The highest BCUT2D eigenvalue weighted by atomic mass is 32.2. The van der Waals surface area contributed by atoms with Gasteiger partial charge in [-0.05, 0) is 38.1 Å². The number of thioether (sulfide) groups is 1. The molecule has 4 nitrogen and oxygen atoms in total. The quantitative estimate of drug-likeness (QED) is 0.759. The second-order valence-electron chi connectivity index (χ2n) is 5.02. The van der Waals surface area contributed by atoms with Crippen molar-refractivity contribution in [2.45, 2.75) is 25.2 Å². The topological polar surface area (TPSA) is 66.4 Å². The number of hydrogen-bond donors (Lipinski definition) is 2. The van der Waals surface area contributed by atoms with Crippen LogP contribution in [0.5, 0.6) is 0 Å². The van der Waals surface area contributed by atoms with Crippen LogP contribution in [0.4, 0.5) is 4.39 Å². The molecule has 0 fully saturated rings. The molecule has 1 aromatic rings. The molecule has 1 rings (SSSR count). The van der Waals surface area contributed by atoms with E-state index >= 15 is 0 Å². The van der Waals surface area contributed by atoms with E-state index < -0.39 is 11.4 Å². The minimum absolute atomic E-state index is 0.0996. The van der Waals surface area contributed by atoms with E-state index in [9.17, 15) is 14.0 Å². The molecule has 0 spiro atoms. The van der Waals surface area contributed by atoms with E-state index in [0.717, 1.165) is 4.90 Å². The van der Waals surface area contributed by atoms with Crippen molar-refractivity contribution in [2.75, 3.05) is 12.3 Å². The van der Waals surface area contributed by atoms with Crippen molar-refractivity contribution in [1.29, 1.82) is 0 Å². The molecule has 0 saturated carbocycles. The van der Waals surface area contributed by atoms with Crippen LogP contribution in [0.1, 0.15) is 20.3 Å². The van der Waals surface area contributed by atoms with Gasteiger partial charge >= 0.3 is 5.97 Å². The Bertz CT molecular complexity index is 474. The first-order valence-corrected chi connectivity index (χ1v) is 7.18. The number of carbonyl (C=O) groups excluding carboxylic acids is 1. The van der Waals surface area contributed by atoms with Crippen molar-refractivity contribution in [3.05, 3.63) is 30.1 Å². The maximum absolute atomic E-state index is 12.7. The zero-order valence-corrected chi connectivity index (χ0v) is 12.3. The Morgan fingerprint density at radius 2 is 1.90 bits per heavy atom. The molecule has 20 heavy (non-hydrogen) atoms. The van der Waals surface area contributed by atoms with Gasteiger partial charge in [-0.25, -0.2) is 4.39 Å². The highest BCUT2D eigenvalue weighted by Crippen LogP contribution is 2.19. The molecular weight excluding hydrogens is 281 g/mol. The lowest BCUT2D eigenvalue weighted by Gasteiger charge is -2.19. The highest BCUT2D eigenvalue weighted by molar-refractivity contribution is 7.99. The molecule has 0 saturated heterocycles. The second kappa shape index (κ2) is 7.28. The summed E-state index contributed by atoms with van der Waals surface area (Å²) in [5.41, 5.74) is -0.972. The van der Waals surface area contributed by atoms with Crippen LogP contribution in [-0.4, -0.2) is 29.3 Å². The first kappa shape index (κ1) is 16.5. The smallest absolute Gasteiger partial charge is 0.310 e. The van der Waals surface area contributed by atoms with Crippen LogP contribution < -0.4 is 5.32 Å². The first-order valence-electron chi connectivity index (χ1n) is 6.20. The summed E-state index contributed by atoms with van der Waals surface area (Å²) in [7, 11) is 0. The van der Waals surface area contributed by atoms with Gasteiger partial charge in [0.1, 0.15) is 5.82 Å². The number of amides is 1. The third kappa shape index (κ3) is 5.61. The number of nitrogens with one attached hydrogen (secondary N) is 1. The Kier molecular flexibility index (Phi) is 6.01. The molecule has 0 bridgehead atoms. The average molecular weight is 299 g/mol. The predicted molar refractivity (Wildman–Crippen MR) is 76.2 cm³/mol. The molecule has 0 aliphatic carbocycles. The summed E-state index contributed by atoms with van der Waals surface area (Å²) in [5, 5.41) is 11.5. The Morgan fingerprint density at radius 1 is 1.30 bits per heavy atom. The van der Waals surface area contributed by atoms with Crippen LogP contribution in [0.25, 0.3) is 0 Å². The molecule has 0 heterocycles. The summed E-state index contributed by atoms with van der Waals surface area (Å²) in [6.07, 6.45) is 0.289. The Labute approximate surface area is 121 Å². The van der Waals surface area contributed by atoms with Crippen molar-refractivity contribution >= 4 is 23.6 Å². The minimum atomic E-state index is -0.972. The van der Waals surface area contributed by atoms with Crippen LogP contribution in [0, 0.1) is 11.2 Å². The van der Waals surface area contributed by atoms with E-state index in [4.69, 9.17) is 5.11 Å². The van der Waals surface area contributed by atoms with Crippen molar-refractivity contribution in [3.63, 3.8) is 0 Å². The van der Waals surface area contributed by atoms with E-state index in [0.29, 0.717) is 5.75 Å². The fraction of sp³-hybridized carbons (Fsp3) is 0.429. The lowest BCUT2D eigenvalue weighted by molar-refractivity contribution is -0.146. The SMILES string of the molecule is CC(C)(CNC(=O)CCSc1ccc(F)cc1)C(=O)O. The summed E-state index contributed by atoms with van der Waals surface area (Å²) in [4.78, 5) is 23.3. The van der Waals surface area contributed by atoms with Gasteiger partial charge in [0.05, 0.1) is 5.41 Å². The number of hydrogen-bond acceptors (Lipinski definition) is 3. The number of benzene rings is 1. The number of halogens is 1. The standard InChI is InChI=1S/C14H18FNO3S/c1-14(2,13(18)19)9-16-12(17)7-8-20-11-5-3-10(15)4-6-11/h3-6H,7-9H2,1-2H3,(H,16,17)(H,18,19). The number of carboxylic acid groups (broad SMARTS) is 1.